The third-order valence-corrected chi connectivity index (χ3v) is 12.3. The molecule has 7 atom stereocenters. The second-order valence-electron chi connectivity index (χ2n) is 17.2. The van der Waals surface area contributed by atoms with Gasteiger partial charge in [0.15, 0.2) is 5.82 Å². The fraction of sp³-hybridized carbons (Fsp3) is 0.558. The molecule has 0 radical (unpaired) electrons. The summed E-state index contributed by atoms with van der Waals surface area (Å²) >= 11 is 6.51. The van der Waals surface area contributed by atoms with Crippen LogP contribution < -0.4 is 21.3 Å². The Bertz CT molecular complexity index is 2200. The maximum atomic E-state index is 15.6. The molecule has 2 aromatic heterocycles. The number of nitrogens with zero attached hydrogens (tertiary/aromatic N) is 4. The molecule has 0 saturated carbocycles. The van der Waals surface area contributed by atoms with Crippen LogP contribution in [0.3, 0.4) is 0 Å². The van der Waals surface area contributed by atoms with E-state index in [4.69, 9.17) is 16.6 Å². The average Bonchev–Trinajstić information content (AvgIpc) is 3.98. The van der Waals surface area contributed by atoms with Gasteiger partial charge in [-0.25, -0.2) is 13.8 Å². The number of nitrogens with one attached hydrogen (secondary N) is 5. The van der Waals surface area contributed by atoms with E-state index in [2.05, 4.69) is 26.3 Å². The Balaban J connectivity index is 1.40. The third-order valence-electron chi connectivity index (χ3n) is 12.0. The highest BCUT2D eigenvalue weighted by Gasteiger charge is 2.43. The molecule has 16 heteroatoms. The van der Waals surface area contributed by atoms with Gasteiger partial charge in [0.05, 0.1) is 35.4 Å². The fourth-order valence-electron chi connectivity index (χ4n) is 8.37. The zero-order valence-electron chi connectivity index (χ0n) is 35.2. The van der Waals surface area contributed by atoms with Crippen molar-refractivity contribution in [2.24, 2.45) is 5.41 Å². The molecule has 2 aliphatic rings. The highest BCUT2D eigenvalue weighted by atomic mass is 35.5. The minimum Gasteiger partial charge on any atom is -0.352 e. The summed E-state index contributed by atoms with van der Waals surface area (Å²) in [5, 5.41) is 13.0. The van der Waals surface area contributed by atoms with Crippen molar-refractivity contribution in [1.82, 2.24) is 45.6 Å². The van der Waals surface area contributed by atoms with E-state index in [1.54, 1.807) is 51.0 Å². The van der Waals surface area contributed by atoms with E-state index in [0.29, 0.717) is 59.0 Å². The number of halogens is 3. The number of imidazole rings is 1. The number of likely N-dealkylation sites (tertiary alicyclic amines) is 2. The number of aromatic nitrogens is 3. The molecule has 2 aliphatic heterocycles. The Labute approximate surface area is 349 Å². The molecule has 320 valence electrons. The van der Waals surface area contributed by atoms with Gasteiger partial charge >= 0.3 is 0 Å². The molecular formula is C43H58ClF2N9O4. The van der Waals surface area contributed by atoms with Crippen LogP contribution in [0.15, 0.2) is 36.4 Å². The summed E-state index contributed by atoms with van der Waals surface area (Å²) in [6.07, 6.45) is 0.939. The van der Waals surface area contributed by atoms with E-state index in [0.717, 1.165) is 17.4 Å². The van der Waals surface area contributed by atoms with Crippen LogP contribution in [0.2, 0.25) is 5.02 Å². The number of hydrogen-bond donors (Lipinski definition) is 5. The molecule has 4 heterocycles. The van der Waals surface area contributed by atoms with Crippen molar-refractivity contribution >= 4 is 57.2 Å². The van der Waals surface area contributed by atoms with E-state index in [1.807, 2.05) is 43.2 Å². The first-order valence-electron chi connectivity index (χ1n) is 20.6. The first-order valence-corrected chi connectivity index (χ1v) is 21.0. The molecule has 2 aromatic carbocycles. The number of rotatable bonds is 14. The minimum absolute atomic E-state index is 0.0895. The van der Waals surface area contributed by atoms with Crippen LogP contribution in [0, 0.1) is 11.2 Å². The molecule has 0 aliphatic carbocycles. The van der Waals surface area contributed by atoms with Gasteiger partial charge in [-0.15, -0.1) is 0 Å². The molecule has 2 saturated heterocycles. The zero-order chi connectivity index (χ0) is 42.9. The quantitative estimate of drug-likeness (QED) is 0.119. The summed E-state index contributed by atoms with van der Waals surface area (Å²) in [5.74, 6) is -1.08. The van der Waals surface area contributed by atoms with Crippen LogP contribution in [-0.2, 0) is 32.1 Å². The zero-order valence-corrected chi connectivity index (χ0v) is 36.0. The number of amides is 4. The molecule has 0 bridgehead atoms. The van der Waals surface area contributed by atoms with E-state index >= 15 is 4.39 Å². The third kappa shape index (κ3) is 9.26. The number of H-pyrrole nitrogens is 1. The van der Waals surface area contributed by atoms with Crippen molar-refractivity contribution in [3.8, 4) is 11.5 Å². The average molecular weight is 838 g/mol. The molecule has 0 spiro atoms. The Hall–Kier alpha value is -4.60. The molecular weight excluding hydrogens is 780 g/mol. The molecule has 13 nitrogen and oxygen atoms in total. The normalized spacial score (nSPS) is 20.6. The van der Waals surface area contributed by atoms with Gasteiger partial charge in [-0.3, -0.25) is 19.2 Å². The van der Waals surface area contributed by atoms with Gasteiger partial charge in [-0.05, 0) is 88.9 Å². The summed E-state index contributed by atoms with van der Waals surface area (Å²) in [4.78, 5) is 66.3. The highest BCUT2D eigenvalue weighted by Crippen LogP contribution is 2.38. The minimum atomic E-state index is -1.28. The van der Waals surface area contributed by atoms with Crippen molar-refractivity contribution in [1.29, 1.82) is 0 Å². The van der Waals surface area contributed by atoms with Crippen molar-refractivity contribution in [3.63, 3.8) is 0 Å². The summed E-state index contributed by atoms with van der Waals surface area (Å²) < 4.78 is 32.4. The Morgan fingerprint density at radius 1 is 0.966 bits per heavy atom. The number of hydrogen-bond acceptors (Lipinski definition) is 7. The maximum Gasteiger partial charge on any atom is 0.246 e. The first kappa shape index (κ1) is 44.0. The molecule has 59 heavy (non-hydrogen) atoms. The lowest BCUT2D eigenvalue weighted by Gasteiger charge is -2.36. The standard InChI is InChI=1S/C43H58ClF2N9O4/c1-9-32(51-39(56)23(2)47-7)41(58)53-16-10-11-28(53)22-55-35-15-13-26(45)19-34(35)50-38(55)36-31(30-14-12-25(44)17-33(30)49-36)20-29-18-27(46)21-54(29)42(59)37(43(4,5)6)52-40(57)24(3)48-8/h12-15,17,19,23-24,27-29,32,37,47-49H,9-11,16,18,20-22H2,1-8H3,(H,51,56)(H,52,57). The molecule has 7 unspecified atom stereocenters. The largest absolute Gasteiger partial charge is 0.352 e. The Kier molecular flexibility index (Phi) is 13.4. The highest BCUT2D eigenvalue weighted by molar-refractivity contribution is 6.31. The number of carbonyl (C=O) groups excluding carboxylic acids is 4. The van der Waals surface area contributed by atoms with Crippen LogP contribution in [0.5, 0.6) is 0 Å². The number of aromatic amines is 1. The molecule has 5 N–H and O–H groups in total. The predicted octanol–water partition coefficient (Wildman–Crippen LogP) is 5.09. The SMILES string of the molecule is CCC(NC(=O)C(C)NC)C(=O)N1CCCC1Cn1c(-c2[nH]c3cc(Cl)ccc3c2CC2CC(F)CN2C(=O)C(NC(=O)C(C)NC)C(C)(C)C)nc2cc(F)ccc21. The summed E-state index contributed by atoms with van der Waals surface area (Å²) in [6, 6.07) is 6.43. The number of alkyl halides is 1. The number of likely N-dealkylation sites (N-methyl/N-ethyl adjacent to an activating group) is 2. The van der Waals surface area contributed by atoms with Crippen LogP contribution in [0.1, 0.15) is 72.8 Å². The van der Waals surface area contributed by atoms with Crippen molar-refractivity contribution in [2.45, 2.75) is 123 Å². The van der Waals surface area contributed by atoms with Gasteiger partial charge in [0, 0.05) is 53.6 Å². The summed E-state index contributed by atoms with van der Waals surface area (Å²) in [5.41, 5.74) is 2.48. The fourth-order valence-corrected chi connectivity index (χ4v) is 8.55. The molecule has 4 amide bonds. The second kappa shape index (κ2) is 17.9. The van der Waals surface area contributed by atoms with Crippen LogP contribution in [-0.4, -0.2) is 118 Å². The predicted molar refractivity (Wildman–Crippen MR) is 226 cm³/mol. The van der Waals surface area contributed by atoms with Crippen molar-refractivity contribution < 1.29 is 28.0 Å². The summed E-state index contributed by atoms with van der Waals surface area (Å²) in [7, 11) is 3.35. The van der Waals surface area contributed by atoms with Gasteiger partial charge in [0.1, 0.15) is 24.1 Å². The van der Waals surface area contributed by atoms with Crippen LogP contribution in [0.25, 0.3) is 33.5 Å². The number of benzene rings is 2. The van der Waals surface area contributed by atoms with Crippen LogP contribution >= 0.6 is 11.6 Å². The molecule has 4 aromatic rings. The lowest BCUT2D eigenvalue weighted by molar-refractivity contribution is -0.140. The van der Waals surface area contributed by atoms with Crippen molar-refractivity contribution in [3.05, 3.63) is 52.8 Å². The smallest absolute Gasteiger partial charge is 0.246 e. The number of carbonyl (C=O) groups is 4. The molecule has 6 rings (SSSR count). The monoisotopic (exact) mass is 837 g/mol. The van der Waals surface area contributed by atoms with Gasteiger partial charge < -0.3 is 40.6 Å². The lowest BCUT2D eigenvalue weighted by Crippen LogP contribution is -2.58. The van der Waals surface area contributed by atoms with Gasteiger partial charge in [0.25, 0.3) is 0 Å². The van der Waals surface area contributed by atoms with E-state index < -0.39 is 47.6 Å². The Morgan fingerprint density at radius 2 is 1.66 bits per heavy atom. The number of fused-ring (bicyclic) bond motifs is 2. The van der Waals surface area contributed by atoms with E-state index in [-0.39, 0.29) is 49.1 Å². The van der Waals surface area contributed by atoms with Gasteiger partial charge in [0.2, 0.25) is 23.6 Å². The summed E-state index contributed by atoms with van der Waals surface area (Å²) in [6.45, 7) is 11.6. The molecule has 2 fully saturated rings. The topological polar surface area (TPSA) is 156 Å². The first-order chi connectivity index (χ1) is 27.9. The van der Waals surface area contributed by atoms with Crippen molar-refractivity contribution in [2.75, 3.05) is 27.2 Å². The lowest BCUT2D eigenvalue weighted by atomic mass is 9.85. The van der Waals surface area contributed by atoms with Crippen LogP contribution in [0.4, 0.5) is 8.78 Å². The Morgan fingerprint density at radius 3 is 2.32 bits per heavy atom. The van der Waals surface area contributed by atoms with Gasteiger partial charge in [-0.1, -0.05) is 45.4 Å². The second-order valence-corrected chi connectivity index (χ2v) is 17.6. The van der Waals surface area contributed by atoms with E-state index in [9.17, 15) is 23.6 Å². The maximum absolute atomic E-state index is 15.6. The van der Waals surface area contributed by atoms with E-state index in [1.165, 1.54) is 12.1 Å². The van der Waals surface area contributed by atoms with Gasteiger partial charge in [-0.2, -0.15) is 0 Å².